The Bertz CT molecular complexity index is 1390. The maximum Gasteiger partial charge on any atom is 0.256 e. The molecule has 0 aliphatic heterocycles. The Kier molecular flexibility index (Phi) is 6.09. The van der Waals surface area contributed by atoms with Crippen molar-refractivity contribution in [2.45, 2.75) is 20.8 Å². The molecule has 6 nitrogen and oxygen atoms in total. The number of para-hydroxylation sites is 1. The van der Waals surface area contributed by atoms with Gasteiger partial charge in [-0.2, -0.15) is 5.10 Å². The third-order valence-corrected chi connectivity index (χ3v) is 5.63. The van der Waals surface area contributed by atoms with Crippen molar-refractivity contribution in [3.8, 4) is 22.6 Å². The summed E-state index contributed by atoms with van der Waals surface area (Å²) in [4.78, 5) is 26.6. The van der Waals surface area contributed by atoms with E-state index in [1.807, 2.05) is 50.2 Å². The van der Waals surface area contributed by atoms with Crippen molar-refractivity contribution < 1.29 is 9.53 Å². The smallest absolute Gasteiger partial charge is 0.256 e. The van der Waals surface area contributed by atoms with Crippen molar-refractivity contribution in [3.05, 3.63) is 105 Å². The molecular formula is C27H25N3O3. The largest absolute Gasteiger partial charge is 0.496 e. The molecule has 0 spiro atoms. The molecule has 0 unspecified atom stereocenters. The number of nitrogens with zero attached hydrogens (tertiary/aromatic N) is 2. The number of rotatable bonds is 5. The van der Waals surface area contributed by atoms with E-state index in [0.717, 1.165) is 16.8 Å². The van der Waals surface area contributed by atoms with E-state index < -0.39 is 0 Å². The minimum atomic E-state index is -0.339. The Hall–Kier alpha value is -4.19. The highest BCUT2D eigenvalue weighted by Crippen LogP contribution is 2.34. The van der Waals surface area contributed by atoms with E-state index in [9.17, 15) is 9.59 Å². The van der Waals surface area contributed by atoms with Gasteiger partial charge < -0.3 is 10.1 Å². The monoisotopic (exact) mass is 439 g/mol. The van der Waals surface area contributed by atoms with Crippen molar-refractivity contribution in [1.29, 1.82) is 0 Å². The first-order valence-electron chi connectivity index (χ1n) is 10.6. The third kappa shape index (κ3) is 4.28. The molecule has 166 valence electrons. The summed E-state index contributed by atoms with van der Waals surface area (Å²) >= 11 is 0. The van der Waals surface area contributed by atoms with Crippen molar-refractivity contribution >= 4 is 11.7 Å². The number of carbonyl (C=O) groups excluding carboxylic acids is 1. The lowest BCUT2D eigenvalue weighted by atomic mass is 10.0. The van der Waals surface area contributed by atoms with Crippen LogP contribution in [0.25, 0.3) is 16.8 Å². The van der Waals surface area contributed by atoms with E-state index in [2.05, 4.69) is 10.4 Å². The van der Waals surface area contributed by atoms with Crippen molar-refractivity contribution in [3.63, 3.8) is 0 Å². The Labute approximate surface area is 192 Å². The van der Waals surface area contributed by atoms with Crippen LogP contribution in [-0.2, 0) is 0 Å². The van der Waals surface area contributed by atoms with Crippen LogP contribution < -0.4 is 15.5 Å². The number of hydrogen-bond acceptors (Lipinski definition) is 4. The summed E-state index contributed by atoms with van der Waals surface area (Å²) in [6.07, 6.45) is 0. The van der Waals surface area contributed by atoms with Crippen molar-refractivity contribution in [2.24, 2.45) is 0 Å². The molecule has 4 aromatic rings. The molecule has 0 fully saturated rings. The second-order valence-corrected chi connectivity index (χ2v) is 7.84. The van der Waals surface area contributed by atoms with E-state index >= 15 is 0 Å². The molecule has 0 atom stereocenters. The van der Waals surface area contributed by atoms with Crippen LogP contribution >= 0.6 is 0 Å². The fourth-order valence-corrected chi connectivity index (χ4v) is 3.67. The zero-order valence-electron chi connectivity index (χ0n) is 19.0. The Morgan fingerprint density at radius 1 is 0.909 bits per heavy atom. The Balaban J connectivity index is 2.02. The van der Waals surface area contributed by atoms with E-state index in [-0.39, 0.29) is 17.2 Å². The molecule has 3 aromatic carbocycles. The van der Waals surface area contributed by atoms with Crippen LogP contribution in [0.5, 0.6) is 5.75 Å². The lowest BCUT2D eigenvalue weighted by Gasteiger charge is -2.20. The highest BCUT2D eigenvalue weighted by molar-refractivity contribution is 6.06. The number of carbonyl (C=O) groups is 1. The van der Waals surface area contributed by atoms with Crippen LogP contribution in [-0.4, -0.2) is 22.8 Å². The fourth-order valence-electron chi connectivity index (χ4n) is 3.67. The number of aryl methyl sites for hydroxylation is 3. The lowest BCUT2D eigenvalue weighted by Crippen LogP contribution is -2.25. The highest BCUT2D eigenvalue weighted by atomic mass is 16.5. The molecule has 0 aliphatic carbocycles. The number of anilines is 1. The van der Waals surface area contributed by atoms with E-state index in [0.29, 0.717) is 28.1 Å². The lowest BCUT2D eigenvalue weighted by molar-refractivity contribution is 0.102. The van der Waals surface area contributed by atoms with Gasteiger partial charge in [-0.15, -0.1) is 0 Å². The zero-order chi connectivity index (χ0) is 23.5. The van der Waals surface area contributed by atoms with Gasteiger partial charge in [-0.3, -0.25) is 9.59 Å². The van der Waals surface area contributed by atoms with Crippen molar-refractivity contribution in [2.75, 3.05) is 12.4 Å². The summed E-state index contributed by atoms with van der Waals surface area (Å²) in [6, 6.07) is 22.0. The molecule has 1 N–H and O–H groups in total. The van der Waals surface area contributed by atoms with Crippen LogP contribution in [0.15, 0.2) is 77.6 Å². The SMILES string of the molecule is COc1ccccc1-c1c(NC(=O)c2ccccc2)n(-c2ccc(C)c(C)c2)nc(C)c1=O. The van der Waals surface area contributed by atoms with Gasteiger partial charge in [0.2, 0.25) is 5.43 Å². The van der Waals surface area contributed by atoms with Gasteiger partial charge in [0.05, 0.1) is 18.4 Å². The maximum absolute atomic E-state index is 13.4. The number of benzene rings is 3. The summed E-state index contributed by atoms with van der Waals surface area (Å²) in [5, 5.41) is 7.50. The quantitative estimate of drug-likeness (QED) is 0.470. The number of ether oxygens (including phenoxy) is 1. The predicted octanol–water partition coefficient (Wildman–Crippen LogP) is 5.09. The molecule has 0 radical (unpaired) electrons. The normalized spacial score (nSPS) is 10.7. The third-order valence-electron chi connectivity index (χ3n) is 5.63. The molecule has 1 amide bonds. The summed E-state index contributed by atoms with van der Waals surface area (Å²) in [5.41, 5.74) is 4.36. The van der Waals surface area contributed by atoms with Gasteiger partial charge in [0, 0.05) is 11.1 Å². The molecule has 1 aromatic heterocycles. The Morgan fingerprint density at radius 3 is 2.30 bits per heavy atom. The topological polar surface area (TPSA) is 73.2 Å². The van der Waals surface area contributed by atoms with E-state index in [1.54, 1.807) is 55.1 Å². The Morgan fingerprint density at radius 2 is 1.61 bits per heavy atom. The van der Waals surface area contributed by atoms with E-state index in [1.165, 1.54) is 0 Å². The molecule has 6 heteroatoms. The molecular weight excluding hydrogens is 414 g/mol. The second kappa shape index (κ2) is 9.12. The van der Waals surface area contributed by atoms with Gasteiger partial charge in [-0.1, -0.05) is 42.5 Å². The average molecular weight is 440 g/mol. The summed E-state index contributed by atoms with van der Waals surface area (Å²) in [7, 11) is 1.55. The van der Waals surface area contributed by atoms with Crippen LogP contribution in [0.2, 0.25) is 0 Å². The standard InChI is InChI=1S/C27H25N3O3/c1-17-14-15-21(16-18(17)2)30-26(28-27(32)20-10-6-5-7-11-20)24(25(31)19(3)29-30)22-12-8-9-13-23(22)33-4/h5-16H,1-4H3,(H,28,32). The zero-order valence-corrected chi connectivity index (χ0v) is 19.0. The second-order valence-electron chi connectivity index (χ2n) is 7.84. The van der Waals surface area contributed by atoms with Gasteiger partial charge in [-0.25, -0.2) is 4.68 Å². The first-order valence-corrected chi connectivity index (χ1v) is 10.6. The number of methoxy groups -OCH3 is 1. The van der Waals surface area contributed by atoms with Crippen LogP contribution in [0.4, 0.5) is 5.82 Å². The molecule has 0 aliphatic rings. The van der Waals surface area contributed by atoms with Gasteiger partial charge in [0.1, 0.15) is 17.3 Å². The number of nitrogens with one attached hydrogen (secondary N) is 1. The molecule has 0 saturated carbocycles. The van der Waals surface area contributed by atoms with Crippen LogP contribution in [0.3, 0.4) is 0 Å². The average Bonchev–Trinajstić information content (AvgIpc) is 2.84. The summed E-state index contributed by atoms with van der Waals surface area (Å²) in [6.45, 7) is 5.71. The van der Waals surface area contributed by atoms with E-state index in [4.69, 9.17) is 4.74 Å². The van der Waals surface area contributed by atoms with Gasteiger partial charge in [0.15, 0.2) is 0 Å². The van der Waals surface area contributed by atoms with Crippen LogP contribution in [0.1, 0.15) is 27.2 Å². The summed E-state index contributed by atoms with van der Waals surface area (Å²) in [5.74, 6) is 0.476. The van der Waals surface area contributed by atoms with Crippen LogP contribution in [0, 0.1) is 20.8 Å². The number of aromatic nitrogens is 2. The first kappa shape index (κ1) is 22.0. The van der Waals surface area contributed by atoms with Gasteiger partial charge in [0.25, 0.3) is 5.91 Å². The van der Waals surface area contributed by atoms with Crippen molar-refractivity contribution in [1.82, 2.24) is 9.78 Å². The molecule has 4 rings (SSSR count). The molecule has 0 bridgehead atoms. The fraction of sp³-hybridized carbons (Fsp3) is 0.148. The highest BCUT2D eigenvalue weighted by Gasteiger charge is 2.23. The minimum absolute atomic E-state index is 0.275. The van der Waals surface area contributed by atoms with Gasteiger partial charge >= 0.3 is 0 Å². The summed E-state index contributed by atoms with van der Waals surface area (Å²) < 4.78 is 7.16. The predicted molar refractivity (Wildman–Crippen MR) is 130 cm³/mol. The number of hydrogen-bond donors (Lipinski definition) is 1. The number of amides is 1. The molecule has 1 heterocycles. The minimum Gasteiger partial charge on any atom is -0.496 e. The van der Waals surface area contributed by atoms with Gasteiger partial charge in [-0.05, 0) is 62.2 Å². The maximum atomic E-state index is 13.4. The molecule has 0 saturated heterocycles. The first-order chi connectivity index (χ1) is 15.9. The molecule has 33 heavy (non-hydrogen) atoms.